The molecule has 0 aliphatic carbocycles. The standard InChI is InChI=1S/C11H17N2O8P/c1-5-4-13(11(16)12-9(5)15)8-3-7(14)10(21-8)20-6(2)22(17,18)19/h4,6-8,10,14H,3H2,1-2H3,(H,12,15,16)(H2,17,18,19)/t6?,7-,8-,10+/m1/s1. The molecule has 0 amide bonds. The lowest BCUT2D eigenvalue weighted by Crippen LogP contribution is -2.33. The average molecular weight is 336 g/mol. The van der Waals surface area contributed by atoms with Crippen molar-refractivity contribution in [2.24, 2.45) is 0 Å². The number of aliphatic hydroxyl groups excluding tert-OH is 1. The van der Waals surface area contributed by atoms with Crippen LogP contribution in [0.4, 0.5) is 0 Å². The summed E-state index contributed by atoms with van der Waals surface area (Å²) in [5.74, 6) is -1.46. The van der Waals surface area contributed by atoms with Crippen LogP contribution in [0.1, 0.15) is 25.1 Å². The molecule has 4 N–H and O–H groups in total. The third kappa shape index (κ3) is 3.54. The number of H-pyrrole nitrogens is 1. The molecular formula is C11H17N2O8P. The van der Waals surface area contributed by atoms with Crippen LogP contribution < -0.4 is 11.2 Å². The van der Waals surface area contributed by atoms with E-state index < -0.39 is 43.3 Å². The quantitative estimate of drug-likeness (QED) is 0.511. The molecule has 22 heavy (non-hydrogen) atoms. The summed E-state index contributed by atoms with van der Waals surface area (Å²) < 4.78 is 22.5. The van der Waals surface area contributed by atoms with E-state index in [0.29, 0.717) is 0 Å². The molecule has 0 radical (unpaired) electrons. The second kappa shape index (κ2) is 6.07. The zero-order valence-corrected chi connectivity index (χ0v) is 12.8. The minimum Gasteiger partial charge on any atom is -0.388 e. The maximum Gasteiger partial charge on any atom is 0.353 e. The van der Waals surface area contributed by atoms with Crippen molar-refractivity contribution in [2.75, 3.05) is 0 Å². The Morgan fingerprint density at radius 1 is 1.50 bits per heavy atom. The van der Waals surface area contributed by atoms with Crippen molar-refractivity contribution in [3.63, 3.8) is 0 Å². The van der Waals surface area contributed by atoms with Crippen LogP contribution in [-0.2, 0) is 14.0 Å². The van der Waals surface area contributed by atoms with E-state index in [-0.39, 0.29) is 12.0 Å². The van der Waals surface area contributed by atoms with Gasteiger partial charge in [0.05, 0.1) is 0 Å². The Morgan fingerprint density at radius 2 is 2.14 bits per heavy atom. The summed E-state index contributed by atoms with van der Waals surface area (Å²) in [5.41, 5.74) is -0.954. The molecule has 1 saturated heterocycles. The maximum atomic E-state index is 11.8. The maximum absolute atomic E-state index is 11.8. The van der Waals surface area contributed by atoms with Gasteiger partial charge in [-0.3, -0.25) is 18.9 Å². The molecule has 1 aliphatic rings. The van der Waals surface area contributed by atoms with E-state index in [1.165, 1.54) is 13.1 Å². The van der Waals surface area contributed by atoms with E-state index in [1.807, 2.05) is 0 Å². The van der Waals surface area contributed by atoms with Gasteiger partial charge in [0, 0.05) is 18.2 Å². The first kappa shape index (κ1) is 17.1. The lowest BCUT2D eigenvalue weighted by molar-refractivity contribution is -0.185. The van der Waals surface area contributed by atoms with Gasteiger partial charge in [0.25, 0.3) is 5.56 Å². The highest BCUT2D eigenvalue weighted by Crippen LogP contribution is 2.43. The lowest BCUT2D eigenvalue weighted by Gasteiger charge is -2.21. The molecule has 1 aromatic rings. The molecular weight excluding hydrogens is 319 g/mol. The number of nitrogens with one attached hydrogen (secondary N) is 1. The molecule has 2 rings (SSSR count). The van der Waals surface area contributed by atoms with Crippen LogP contribution in [0.3, 0.4) is 0 Å². The summed E-state index contributed by atoms with van der Waals surface area (Å²) in [6, 6.07) is 0. The number of hydrogen-bond acceptors (Lipinski definition) is 6. The predicted octanol–water partition coefficient (Wildman–Crippen LogP) is -1.01. The summed E-state index contributed by atoms with van der Waals surface area (Å²) in [6.45, 7) is 2.66. The second-order valence-electron chi connectivity index (χ2n) is 5.07. The van der Waals surface area contributed by atoms with Gasteiger partial charge in [-0.2, -0.15) is 0 Å². The molecule has 124 valence electrons. The van der Waals surface area contributed by atoms with Gasteiger partial charge in [-0.05, 0) is 13.8 Å². The topological polar surface area (TPSA) is 151 Å². The van der Waals surface area contributed by atoms with E-state index in [1.54, 1.807) is 0 Å². The molecule has 4 atom stereocenters. The van der Waals surface area contributed by atoms with Gasteiger partial charge in [-0.15, -0.1) is 0 Å². The Morgan fingerprint density at radius 3 is 2.73 bits per heavy atom. The Balaban J connectivity index is 2.18. The molecule has 11 heteroatoms. The van der Waals surface area contributed by atoms with Gasteiger partial charge >= 0.3 is 13.3 Å². The number of aliphatic hydroxyl groups is 1. The monoisotopic (exact) mass is 336 g/mol. The fourth-order valence-electron chi connectivity index (χ4n) is 1.99. The van der Waals surface area contributed by atoms with Crippen molar-refractivity contribution in [3.8, 4) is 0 Å². The highest BCUT2D eigenvalue weighted by molar-refractivity contribution is 7.52. The fraction of sp³-hybridized carbons (Fsp3) is 0.636. The molecule has 0 aromatic carbocycles. The van der Waals surface area contributed by atoms with Crippen LogP contribution in [-0.4, -0.2) is 42.7 Å². The van der Waals surface area contributed by atoms with Crippen molar-refractivity contribution < 1.29 is 28.9 Å². The Labute approximate surface area is 124 Å². The normalized spacial score (nSPS) is 27.0. The second-order valence-corrected chi connectivity index (χ2v) is 6.97. The van der Waals surface area contributed by atoms with Crippen LogP contribution in [0.15, 0.2) is 15.8 Å². The van der Waals surface area contributed by atoms with Crippen LogP contribution in [0.5, 0.6) is 0 Å². The summed E-state index contributed by atoms with van der Waals surface area (Å²) >= 11 is 0. The highest BCUT2D eigenvalue weighted by atomic mass is 31.2. The van der Waals surface area contributed by atoms with E-state index >= 15 is 0 Å². The molecule has 1 fully saturated rings. The van der Waals surface area contributed by atoms with Crippen LogP contribution >= 0.6 is 7.60 Å². The molecule has 10 nitrogen and oxygen atoms in total. The number of nitrogens with zero attached hydrogens (tertiary/aromatic N) is 1. The minimum absolute atomic E-state index is 0.0239. The number of ether oxygens (including phenoxy) is 2. The summed E-state index contributed by atoms with van der Waals surface area (Å²) in [5, 5.41) is 9.86. The third-order valence-corrected chi connectivity index (χ3v) is 4.38. The Kier molecular flexibility index (Phi) is 4.71. The predicted molar refractivity (Wildman–Crippen MR) is 73.2 cm³/mol. The van der Waals surface area contributed by atoms with Crippen LogP contribution in [0.25, 0.3) is 0 Å². The van der Waals surface area contributed by atoms with E-state index in [2.05, 4.69) is 4.98 Å². The van der Waals surface area contributed by atoms with Crippen molar-refractivity contribution in [1.29, 1.82) is 0 Å². The summed E-state index contributed by atoms with van der Waals surface area (Å²) in [4.78, 5) is 43.1. The van der Waals surface area contributed by atoms with Crippen molar-refractivity contribution in [1.82, 2.24) is 9.55 Å². The zero-order valence-electron chi connectivity index (χ0n) is 11.9. The molecule has 1 aromatic heterocycles. The Bertz CT molecular complexity index is 707. The molecule has 1 unspecified atom stereocenters. The Hall–Kier alpha value is -1.29. The number of hydrogen-bond donors (Lipinski definition) is 4. The van der Waals surface area contributed by atoms with Crippen molar-refractivity contribution in [3.05, 3.63) is 32.6 Å². The van der Waals surface area contributed by atoms with Gasteiger partial charge in [0.1, 0.15) is 12.3 Å². The van der Waals surface area contributed by atoms with Crippen molar-refractivity contribution in [2.45, 2.75) is 44.7 Å². The molecule has 2 heterocycles. The van der Waals surface area contributed by atoms with E-state index in [0.717, 1.165) is 11.5 Å². The SMILES string of the molecule is Cc1cn([C@H]2C[C@@H](O)[C@@H](OC(C)P(=O)(O)O)O2)c(=O)[nH]c1=O. The fourth-order valence-corrected chi connectivity index (χ4v) is 2.27. The van der Waals surface area contributed by atoms with Gasteiger partial charge in [-0.25, -0.2) is 4.79 Å². The molecule has 0 spiro atoms. The number of rotatable bonds is 4. The van der Waals surface area contributed by atoms with Crippen LogP contribution in [0, 0.1) is 6.92 Å². The highest BCUT2D eigenvalue weighted by Gasteiger charge is 2.40. The number of aromatic nitrogens is 2. The van der Waals surface area contributed by atoms with Gasteiger partial charge in [0.2, 0.25) is 0 Å². The third-order valence-electron chi connectivity index (χ3n) is 3.31. The largest absolute Gasteiger partial charge is 0.388 e. The van der Waals surface area contributed by atoms with Gasteiger partial charge < -0.3 is 24.4 Å². The smallest absolute Gasteiger partial charge is 0.353 e. The molecule has 0 bridgehead atoms. The van der Waals surface area contributed by atoms with E-state index in [4.69, 9.17) is 19.3 Å². The van der Waals surface area contributed by atoms with Gasteiger partial charge in [0.15, 0.2) is 12.1 Å². The first-order chi connectivity index (χ1) is 10.1. The van der Waals surface area contributed by atoms with E-state index in [9.17, 15) is 19.3 Å². The molecule has 0 saturated carbocycles. The van der Waals surface area contributed by atoms with Crippen LogP contribution in [0.2, 0.25) is 0 Å². The summed E-state index contributed by atoms with van der Waals surface area (Å²) in [6.07, 6.45) is -2.10. The zero-order chi connectivity index (χ0) is 16.7. The number of aryl methyl sites for hydroxylation is 1. The number of aromatic amines is 1. The minimum atomic E-state index is -4.48. The summed E-state index contributed by atoms with van der Waals surface area (Å²) in [7, 11) is -4.48. The van der Waals surface area contributed by atoms with Crippen molar-refractivity contribution >= 4 is 7.60 Å². The van der Waals surface area contributed by atoms with Gasteiger partial charge in [-0.1, -0.05) is 0 Å². The first-order valence-corrected chi connectivity index (χ1v) is 8.14. The first-order valence-electron chi connectivity index (χ1n) is 6.46. The lowest BCUT2D eigenvalue weighted by atomic mass is 10.2. The molecule has 1 aliphatic heterocycles. The average Bonchev–Trinajstić information content (AvgIpc) is 2.74.